The average molecular weight is 294 g/mol. The summed E-state index contributed by atoms with van der Waals surface area (Å²) in [7, 11) is -3.42. The number of nitrogens with one attached hydrogen (secondary N) is 1. The minimum Gasteiger partial charge on any atom is -0.326 e. The molecule has 98 valence electrons. The predicted molar refractivity (Wildman–Crippen MR) is 75.0 cm³/mol. The van der Waals surface area contributed by atoms with E-state index in [9.17, 15) is 8.42 Å². The molecule has 17 heavy (non-hydrogen) atoms. The molecule has 1 aromatic heterocycles. The molecule has 1 aromatic rings. The maximum Gasteiger partial charge on any atom is 0.241 e. The van der Waals surface area contributed by atoms with Gasteiger partial charge in [0.25, 0.3) is 0 Å². The lowest BCUT2D eigenvalue weighted by molar-refractivity contribution is 0.556. The van der Waals surface area contributed by atoms with Crippen molar-refractivity contribution in [2.75, 3.05) is 12.0 Å². The number of thiophene rings is 1. The van der Waals surface area contributed by atoms with Gasteiger partial charge in [-0.3, -0.25) is 0 Å². The van der Waals surface area contributed by atoms with Gasteiger partial charge < -0.3 is 5.73 Å². The van der Waals surface area contributed by atoms with Crippen LogP contribution in [0.5, 0.6) is 0 Å². The topological polar surface area (TPSA) is 72.2 Å². The Balaban J connectivity index is 2.75. The van der Waals surface area contributed by atoms with Crippen LogP contribution in [0.15, 0.2) is 16.3 Å². The van der Waals surface area contributed by atoms with E-state index in [1.807, 2.05) is 13.2 Å². The number of hydrogen-bond acceptors (Lipinski definition) is 5. The molecule has 4 nitrogen and oxygen atoms in total. The van der Waals surface area contributed by atoms with E-state index in [0.29, 0.717) is 9.77 Å². The fourth-order valence-electron chi connectivity index (χ4n) is 1.40. The molecule has 1 atom stereocenters. The molecule has 1 unspecified atom stereocenters. The van der Waals surface area contributed by atoms with Gasteiger partial charge in [0.15, 0.2) is 0 Å². The van der Waals surface area contributed by atoms with Crippen LogP contribution in [0.4, 0.5) is 0 Å². The molecular weight excluding hydrogens is 276 g/mol. The van der Waals surface area contributed by atoms with E-state index in [-0.39, 0.29) is 12.6 Å². The summed E-state index contributed by atoms with van der Waals surface area (Å²) in [5.41, 5.74) is 5.52. The third kappa shape index (κ3) is 4.26. The van der Waals surface area contributed by atoms with Crippen LogP contribution in [0.1, 0.15) is 18.2 Å². The van der Waals surface area contributed by atoms with Crippen molar-refractivity contribution in [2.24, 2.45) is 5.73 Å². The largest absolute Gasteiger partial charge is 0.326 e. The monoisotopic (exact) mass is 294 g/mol. The fourth-order valence-corrected chi connectivity index (χ4v) is 4.60. The first-order valence-electron chi connectivity index (χ1n) is 5.29. The van der Waals surface area contributed by atoms with Gasteiger partial charge in [-0.2, -0.15) is 11.8 Å². The minimum absolute atomic E-state index is 0.0574. The zero-order chi connectivity index (χ0) is 12.9. The highest BCUT2D eigenvalue weighted by atomic mass is 32.2. The van der Waals surface area contributed by atoms with Crippen LogP contribution in [-0.4, -0.2) is 26.5 Å². The van der Waals surface area contributed by atoms with E-state index in [4.69, 9.17) is 5.73 Å². The molecule has 0 amide bonds. The van der Waals surface area contributed by atoms with E-state index in [1.54, 1.807) is 23.2 Å². The third-order valence-corrected chi connectivity index (χ3v) is 5.68. The van der Waals surface area contributed by atoms with E-state index in [0.717, 1.165) is 12.2 Å². The van der Waals surface area contributed by atoms with Gasteiger partial charge in [0.2, 0.25) is 10.0 Å². The highest BCUT2D eigenvalue weighted by Crippen LogP contribution is 2.21. The van der Waals surface area contributed by atoms with E-state index < -0.39 is 10.0 Å². The second-order valence-electron chi connectivity index (χ2n) is 3.72. The van der Waals surface area contributed by atoms with Crippen molar-refractivity contribution in [3.05, 3.63) is 16.3 Å². The summed E-state index contributed by atoms with van der Waals surface area (Å²) in [6, 6.07) is 1.55. The summed E-state index contributed by atoms with van der Waals surface area (Å²) < 4.78 is 26.8. The number of thioether (sulfide) groups is 1. The van der Waals surface area contributed by atoms with E-state index in [1.165, 1.54) is 11.3 Å². The Kier molecular flexibility index (Phi) is 5.94. The Morgan fingerprint density at radius 3 is 2.88 bits per heavy atom. The lowest BCUT2D eigenvalue weighted by Gasteiger charge is -2.13. The van der Waals surface area contributed by atoms with Crippen molar-refractivity contribution >= 4 is 33.1 Å². The molecule has 1 heterocycles. The summed E-state index contributed by atoms with van der Waals surface area (Å²) >= 11 is 3.08. The molecule has 0 aliphatic carbocycles. The highest BCUT2D eigenvalue weighted by molar-refractivity contribution is 7.98. The molecule has 1 rings (SSSR count). The van der Waals surface area contributed by atoms with Crippen molar-refractivity contribution in [1.29, 1.82) is 0 Å². The van der Waals surface area contributed by atoms with Gasteiger partial charge in [-0.15, -0.1) is 11.3 Å². The van der Waals surface area contributed by atoms with Crippen molar-refractivity contribution in [3.8, 4) is 0 Å². The SMILES string of the molecule is CSCCC(C)NS(=O)(=O)c1ccsc1CN. The first kappa shape index (κ1) is 15.0. The molecule has 7 heteroatoms. The maximum absolute atomic E-state index is 12.1. The second-order valence-corrected chi connectivity index (χ2v) is 7.38. The highest BCUT2D eigenvalue weighted by Gasteiger charge is 2.20. The number of hydrogen-bond donors (Lipinski definition) is 2. The van der Waals surface area contributed by atoms with Gasteiger partial charge >= 0.3 is 0 Å². The zero-order valence-electron chi connectivity index (χ0n) is 9.97. The molecular formula is C10H18N2O2S3. The molecule has 0 aliphatic heterocycles. The quantitative estimate of drug-likeness (QED) is 0.801. The lowest BCUT2D eigenvalue weighted by atomic mass is 10.3. The number of rotatable bonds is 7. The summed E-state index contributed by atoms with van der Waals surface area (Å²) in [5.74, 6) is 0.942. The molecule has 0 bridgehead atoms. The van der Waals surface area contributed by atoms with Crippen LogP contribution >= 0.6 is 23.1 Å². The molecule has 0 spiro atoms. The maximum atomic E-state index is 12.1. The number of nitrogens with two attached hydrogens (primary N) is 1. The van der Waals surface area contributed by atoms with Crippen LogP contribution in [0, 0.1) is 0 Å². The first-order chi connectivity index (χ1) is 8.01. The zero-order valence-corrected chi connectivity index (χ0v) is 12.4. The van der Waals surface area contributed by atoms with Crippen LogP contribution < -0.4 is 10.5 Å². The fraction of sp³-hybridized carbons (Fsp3) is 0.600. The molecule has 0 aromatic carbocycles. The third-order valence-electron chi connectivity index (χ3n) is 2.29. The first-order valence-corrected chi connectivity index (χ1v) is 9.04. The summed E-state index contributed by atoms with van der Waals surface area (Å²) in [5, 5.41) is 1.75. The smallest absolute Gasteiger partial charge is 0.241 e. The molecule has 0 aliphatic rings. The number of sulfonamides is 1. The van der Waals surface area contributed by atoms with E-state index >= 15 is 0 Å². The van der Waals surface area contributed by atoms with Crippen molar-refractivity contribution in [1.82, 2.24) is 4.72 Å². The lowest BCUT2D eigenvalue weighted by Crippen LogP contribution is -2.33. The van der Waals surface area contributed by atoms with Gasteiger partial charge in [-0.25, -0.2) is 13.1 Å². The second kappa shape index (κ2) is 6.75. The Morgan fingerprint density at radius 2 is 2.29 bits per heavy atom. The van der Waals surface area contributed by atoms with Crippen LogP contribution in [0.3, 0.4) is 0 Å². The van der Waals surface area contributed by atoms with Gasteiger partial charge in [0, 0.05) is 17.5 Å². The molecule has 0 radical (unpaired) electrons. The standard InChI is InChI=1S/C10H18N2O2S3/c1-8(3-5-15-2)12-17(13,14)10-4-6-16-9(10)7-11/h4,6,8,12H,3,5,7,11H2,1-2H3. The van der Waals surface area contributed by atoms with Crippen molar-refractivity contribution < 1.29 is 8.42 Å². The molecule has 0 saturated heterocycles. The van der Waals surface area contributed by atoms with Gasteiger partial charge in [0.05, 0.1) is 4.90 Å². The Bertz CT molecular complexity index is 442. The molecule has 0 fully saturated rings. The van der Waals surface area contributed by atoms with E-state index in [2.05, 4.69) is 4.72 Å². The van der Waals surface area contributed by atoms with Crippen LogP contribution in [0.2, 0.25) is 0 Å². The predicted octanol–water partition coefficient (Wildman–Crippen LogP) is 1.63. The Hall–Kier alpha value is -0.0800. The summed E-state index contributed by atoms with van der Waals surface area (Å²) in [6.45, 7) is 2.13. The summed E-state index contributed by atoms with van der Waals surface area (Å²) in [4.78, 5) is 1.02. The van der Waals surface area contributed by atoms with Gasteiger partial charge in [0.1, 0.15) is 0 Å². The van der Waals surface area contributed by atoms with Crippen molar-refractivity contribution in [2.45, 2.75) is 30.8 Å². The molecule has 0 saturated carbocycles. The summed E-state index contributed by atoms with van der Waals surface area (Å²) in [6.07, 6.45) is 2.83. The van der Waals surface area contributed by atoms with Crippen LogP contribution in [0.25, 0.3) is 0 Å². The van der Waals surface area contributed by atoms with Gasteiger partial charge in [-0.1, -0.05) is 0 Å². The average Bonchev–Trinajstić information content (AvgIpc) is 2.74. The molecule has 3 N–H and O–H groups in total. The van der Waals surface area contributed by atoms with Crippen LogP contribution in [-0.2, 0) is 16.6 Å². The van der Waals surface area contributed by atoms with Crippen molar-refractivity contribution in [3.63, 3.8) is 0 Å². The van der Waals surface area contributed by atoms with Gasteiger partial charge in [-0.05, 0) is 36.8 Å². The normalized spacial score (nSPS) is 13.8. The minimum atomic E-state index is -3.42. The Morgan fingerprint density at radius 1 is 1.59 bits per heavy atom. The Labute approximate surface area is 111 Å².